The molecule has 1 aliphatic carbocycles. The molecule has 4 heteroatoms. The van der Waals surface area contributed by atoms with E-state index in [1.807, 2.05) is 32.4 Å². The van der Waals surface area contributed by atoms with Gasteiger partial charge in [0.1, 0.15) is 0 Å². The maximum Gasteiger partial charge on any atom is 0.237 e. The van der Waals surface area contributed by atoms with Crippen molar-refractivity contribution >= 4 is 11.6 Å². The number of hydrogen-bond acceptors (Lipinski definition) is 2. The summed E-state index contributed by atoms with van der Waals surface area (Å²) in [5.41, 5.74) is 2.87. The Kier molecular flexibility index (Phi) is 3.77. The summed E-state index contributed by atoms with van der Waals surface area (Å²) in [5, 5.41) is 4.18. The first kappa shape index (κ1) is 14.8. The Balaban J connectivity index is 2.01. The van der Waals surface area contributed by atoms with Crippen LogP contribution in [0.3, 0.4) is 0 Å². The summed E-state index contributed by atoms with van der Waals surface area (Å²) in [7, 11) is 3.73. The standard InChI is InChI=1S/C18H23N3O/c1-14-8-4-5-9-16(14)18(10-6-7-11-18)17(22)21(3)15-12-19-20(2)13-15/h4-5,8-9,12-13H,6-7,10-11H2,1-3H3. The number of anilines is 1. The molecule has 0 bridgehead atoms. The number of amides is 1. The highest BCUT2D eigenvalue weighted by Gasteiger charge is 2.45. The summed E-state index contributed by atoms with van der Waals surface area (Å²) in [5.74, 6) is 0.187. The zero-order valence-electron chi connectivity index (χ0n) is 13.5. The zero-order valence-corrected chi connectivity index (χ0v) is 13.5. The van der Waals surface area contributed by atoms with E-state index in [0.717, 1.165) is 31.4 Å². The first-order chi connectivity index (χ1) is 10.5. The summed E-state index contributed by atoms with van der Waals surface area (Å²) < 4.78 is 1.73. The number of hydrogen-bond donors (Lipinski definition) is 0. The Hall–Kier alpha value is -2.10. The van der Waals surface area contributed by atoms with Gasteiger partial charge in [-0.15, -0.1) is 0 Å². The second-order valence-electron chi connectivity index (χ2n) is 6.34. The number of carbonyl (C=O) groups is 1. The number of aromatic nitrogens is 2. The SMILES string of the molecule is Cc1ccccc1C1(C(=O)N(C)c2cnn(C)c2)CCCC1. The normalized spacial score (nSPS) is 16.7. The van der Waals surface area contributed by atoms with Gasteiger partial charge in [0.15, 0.2) is 0 Å². The molecule has 0 unspecified atom stereocenters. The van der Waals surface area contributed by atoms with Gasteiger partial charge >= 0.3 is 0 Å². The first-order valence-corrected chi connectivity index (χ1v) is 7.87. The van der Waals surface area contributed by atoms with E-state index in [1.54, 1.807) is 15.8 Å². The number of likely N-dealkylation sites (N-methyl/N-ethyl adjacent to an activating group) is 1. The van der Waals surface area contributed by atoms with Gasteiger partial charge in [0.2, 0.25) is 5.91 Å². The van der Waals surface area contributed by atoms with E-state index in [9.17, 15) is 4.79 Å². The average molecular weight is 297 g/mol. The number of rotatable bonds is 3. The molecule has 2 aromatic rings. The van der Waals surface area contributed by atoms with Gasteiger partial charge in [0, 0.05) is 20.3 Å². The molecule has 1 saturated carbocycles. The number of benzene rings is 1. The Morgan fingerprint density at radius 1 is 1.27 bits per heavy atom. The molecule has 1 amide bonds. The van der Waals surface area contributed by atoms with Crippen molar-refractivity contribution < 1.29 is 4.79 Å². The van der Waals surface area contributed by atoms with Crippen LogP contribution in [-0.4, -0.2) is 22.7 Å². The molecule has 1 aromatic carbocycles. The van der Waals surface area contributed by atoms with Crippen LogP contribution in [0.1, 0.15) is 36.8 Å². The molecule has 1 aliphatic rings. The Bertz CT molecular complexity index is 683. The maximum atomic E-state index is 13.3. The topological polar surface area (TPSA) is 38.1 Å². The van der Waals surface area contributed by atoms with Crippen molar-refractivity contribution in [3.8, 4) is 0 Å². The van der Waals surface area contributed by atoms with Gasteiger partial charge in [0.05, 0.1) is 17.3 Å². The third-order valence-corrected chi connectivity index (χ3v) is 4.91. The lowest BCUT2D eigenvalue weighted by atomic mass is 9.75. The molecule has 1 aromatic heterocycles. The predicted octanol–water partition coefficient (Wildman–Crippen LogP) is 3.20. The van der Waals surface area contributed by atoms with E-state index in [1.165, 1.54) is 11.1 Å². The van der Waals surface area contributed by atoms with Crippen molar-refractivity contribution in [2.75, 3.05) is 11.9 Å². The minimum atomic E-state index is -0.379. The van der Waals surface area contributed by atoms with E-state index < -0.39 is 0 Å². The number of nitrogens with zero attached hydrogens (tertiary/aromatic N) is 3. The zero-order chi connectivity index (χ0) is 15.7. The largest absolute Gasteiger partial charge is 0.312 e. The van der Waals surface area contributed by atoms with E-state index in [4.69, 9.17) is 0 Å². The molecule has 3 rings (SSSR count). The lowest BCUT2D eigenvalue weighted by molar-refractivity contribution is -0.123. The lowest BCUT2D eigenvalue weighted by Crippen LogP contribution is -2.44. The molecule has 4 nitrogen and oxygen atoms in total. The molecular formula is C18H23N3O. The second-order valence-corrected chi connectivity index (χ2v) is 6.34. The summed E-state index contributed by atoms with van der Waals surface area (Å²) in [4.78, 5) is 15.1. The Morgan fingerprint density at radius 2 is 1.95 bits per heavy atom. The summed E-state index contributed by atoms with van der Waals surface area (Å²) in [6.07, 6.45) is 7.72. The quantitative estimate of drug-likeness (QED) is 0.872. The highest BCUT2D eigenvalue weighted by atomic mass is 16.2. The monoisotopic (exact) mass is 297 g/mol. The molecule has 1 heterocycles. The van der Waals surface area contributed by atoms with Gasteiger partial charge in [-0.05, 0) is 30.9 Å². The average Bonchev–Trinajstić information content (AvgIpc) is 3.16. The van der Waals surface area contributed by atoms with Gasteiger partial charge in [-0.25, -0.2) is 0 Å². The summed E-state index contributed by atoms with van der Waals surface area (Å²) in [6.45, 7) is 2.10. The minimum absolute atomic E-state index is 0.187. The van der Waals surface area contributed by atoms with Gasteiger partial charge < -0.3 is 4.90 Å². The van der Waals surface area contributed by atoms with Crippen LogP contribution in [-0.2, 0) is 17.3 Å². The van der Waals surface area contributed by atoms with Gasteiger partial charge in [-0.3, -0.25) is 9.48 Å². The molecular weight excluding hydrogens is 274 g/mol. The smallest absolute Gasteiger partial charge is 0.237 e. The van der Waals surface area contributed by atoms with Gasteiger partial charge in [0.25, 0.3) is 0 Å². The molecule has 1 fully saturated rings. The van der Waals surface area contributed by atoms with Crippen LogP contribution in [0.5, 0.6) is 0 Å². The molecule has 0 radical (unpaired) electrons. The summed E-state index contributed by atoms with van der Waals surface area (Å²) in [6, 6.07) is 8.30. The minimum Gasteiger partial charge on any atom is -0.312 e. The Morgan fingerprint density at radius 3 is 2.55 bits per heavy atom. The van der Waals surface area contributed by atoms with Crippen molar-refractivity contribution in [3.63, 3.8) is 0 Å². The highest BCUT2D eigenvalue weighted by Crippen LogP contribution is 2.44. The fourth-order valence-corrected chi connectivity index (χ4v) is 3.71. The van der Waals surface area contributed by atoms with Crippen molar-refractivity contribution in [3.05, 3.63) is 47.8 Å². The molecule has 116 valence electrons. The van der Waals surface area contributed by atoms with Crippen LogP contribution in [0, 0.1) is 6.92 Å². The lowest BCUT2D eigenvalue weighted by Gasteiger charge is -2.33. The van der Waals surface area contributed by atoms with Gasteiger partial charge in [-0.1, -0.05) is 37.1 Å². The molecule has 0 atom stereocenters. The van der Waals surface area contributed by atoms with E-state index in [0.29, 0.717) is 0 Å². The Labute approximate surface area is 131 Å². The van der Waals surface area contributed by atoms with Crippen LogP contribution in [0.15, 0.2) is 36.7 Å². The first-order valence-electron chi connectivity index (χ1n) is 7.87. The number of carbonyl (C=O) groups excluding carboxylic acids is 1. The van der Waals surface area contributed by atoms with E-state index >= 15 is 0 Å². The molecule has 22 heavy (non-hydrogen) atoms. The van der Waals surface area contributed by atoms with Crippen LogP contribution in [0.4, 0.5) is 5.69 Å². The predicted molar refractivity (Wildman–Crippen MR) is 87.9 cm³/mol. The molecule has 0 aliphatic heterocycles. The van der Waals surface area contributed by atoms with Crippen molar-refractivity contribution in [1.82, 2.24) is 9.78 Å². The number of aryl methyl sites for hydroxylation is 2. The molecule has 0 N–H and O–H groups in total. The third kappa shape index (κ3) is 2.32. The van der Waals surface area contributed by atoms with Gasteiger partial charge in [-0.2, -0.15) is 5.10 Å². The van der Waals surface area contributed by atoms with Crippen molar-refractivity contribution in [2.24, 2.45) is 7.05 Å². The third-order valence-electron chi connectivity index (χ3n) is 4.91. The van der Waals surface area contributed by atoms with E-state index in [2.05, 4.69) is 24.2 Å². The van der Waals surface area contributed by atoms with Crippen LogP contribution in [0.2, 0.25) is 0 Å². The highest BCUT2D eigenvalue weighted by molar-refractivity contribution is 6.01. The summed E-state index contributed by atoms with van der Waals surface area (Å²) >= 11 is 0. The fourth-order valence-electron chi connectivity index (χ4n) is 3.71. The van der Waals surface area contributed by atoms with Crippen molar-refractivity contribution in [2.45, 2.75) is 38.0 Å². The van der Waals surface area contributed by atoms with Crippen LogP contribution in [0.25, 0.3) is 0 Å². The molecule has 0 spiro atoms. The van der Waals surface area contributed by atoms with Crippen LogP contribution < -0.4 is 4.90 Å². The van der Waals surface area contributed by atoms with Crippen molar-refractivity contribution in [1.29, 1.82) is 0 Å². The fraction of sp³-hybridized carbons (Fsp3) is 0.444. The molecule has 0 saturated heterocycles. The van der Waals surface area contributed by atoms with E-state index in [-0.39, 0.29) is 11.3 Å². The van der Waals surface area contributed by atoms with Crippen LogP contribution >= 0.6 is 0 Å². The maximum absolute atomic E-state index is 13.3. The second kappa shape index (κ2) is 5.59.